The molecule has 0 radical (unpaired) electrons. The van der Waals surface area contributed by atoms with Gasteiger partial charge in [0, 0.05) is 17.0 Å². The molecule has 1 aromatic heterocycles. The van der Waals surface area contributed by atoms with E-state index in [4.69, 9.17) is 9.97 Å². The van der Waals surface area contributed by atoms with E-state index in [1.54, 1.807) is 0 Å². The van der Waals surface area contributed by atoms with Gasteiger partial charge in [-0.15, -0.1) is 0 Å². The second-order valence-corrected chi connectivity index (χ2v) is 15.6. The summed E-state index contributed by atoms with van der Waals surface area (Å²) < 4.78 is 0. The number of benzene rings is 7. The van der Waals surface area contributed by atoms with Crippen molar-refractivity contribution in [3.05, 3.63) is 263 Å². The molecule has 7 aromatic carbocycles. The van der Waals surface area contributed by atoms with Gasteiger partial charge in [0.15, 0.2) is 5.82 Å². The molecule has 3 aliphatic carbocycles. The quantitative estimate of drug-likeness (QED) is 0.170. The van der Waals surface area contributed by atoms with Crippen molar-refractivity contribution in [1.82, 2.24) is 9.97 Å². The summed E-state index contributed by atoms with van der Waals surface area (Å²) in [5.41, 5.74) is 15.6. The normalized spacial score (nSPS) is 21.1. The number of allylic oxidation sites excluding steroid dienone is 4. The molecule has 0 spiro atoms. The first-order valence-corrected chi connectivity index (χ1v) is 20.0. The van der Waals surface area contributed by atoms with Crippen molar-refractivity contribution in [3.8, 4) is 33.8 Å². The number of hydrogen-bond donors (Lipinski definition) is 0. The van der Waals surface area contributed by atoms with Crippen LogP contribution in [0.5, 0.6) is 0 Å². The smallest absolute Gasteiger partial charge is 0.160 e. The summed E-state index contributed by atoms with van der Waals surface area (Å²) >= 11 is 0. The summed E-state index contributed by atoms with van der Waals surface area (Å²) in [6.07, 6.45) is 8.86. The topological polar surface area (TPSA) is 25.8 Å². The van der Waals surface area contributed by atoms with Crippen molar-refractivity contribution in [2.24, 2.45) is 5.92 Å². The zero-order chi connectivity index (χ0) is 38.0. The standard InChI is InChI=1S/C55H40N2/c1-37-20-11-12-27-41(37)51-36-50(38-21-5-2-6-22-38)56-53(57-51)44-29-14-16-32-46(44)54(39-23-7-3-8-24-39)47-33-17-18-34-48(47)55(40-25-9-4-10-26-40)45-31-15-13-28-42(45)43-30-19-35-49(54)52(43)55/h2-37,41H,1H3. The molecule has 0 aliphatic heterocycles. The van der Waals surface area contributed by atoms with Crippen LogP contribution in [0.2, 0.25) is 0 Å². The number of aromatic nitrogens is 2. The SMILES string of the molecule is CC1C=CC=CC1c1cc(-c2ccccc2)nc(-c2ccccc2C2(c3ccccc3)c3ccccc3C3(c4ccccc4)c4ccccc4-c4cccc2c43)n1. The van der Waals surface area contributed by atoms with Crippen LogP contribution in [0.3, 0.4) is 0 Å². The molecule has 2 nitrogen and oxygen atoms in total. The van der Waals surface area contributed by atoms with E-state index < -0.39 is 10.8 Å². The molecule has 57 heavy (non-hydrogen) atoms. The van der Waals surface area contributed by atoms with Gasteiger partial charge in [0.05, 0.1) is 22.2 Å². The Kier molecular flexibility index (Phi) is 7.69. The fourth-order valence-corrected chi connectivity index (χ4v) is 10.4. The van der Waals surface area contributed by atoms with E-state index in [-0.39, 0.29) is 5.92 Å². The van der Waals surface area contributed by atoms with Crippen LogP contribution in [0.15, 0.2) is 212 Å². The maximum absolute atomic E-state index is 5.54. The van der Waals surface area contributed by atoms with E-state index in [9.17, 15) is 0 Å². The second kappa shape index (κ2) is 13.1. The van der Waals surface area contributed by atoms with E-state index in [1.807, 2.05) is 0 Å². The van der Waals surface area contributed by atoms with Crippen molar-refractivity contribution in [3.63, 3.8) is 0 Å². The maximum Gasteiger partial charge on any atom is 0.160 e. The van der Waals surface area contributed by atoms with E-state index in [2.05, 4.69) is 219 Å². The predicted octanol–water partition coefficient (Wildman–Crippen LogP) is 12.7. The highest BCUT2D eigenvalue weighted by atomic mass is 14.9. The molecule has 2 heteroatoms. The first-order valence-electron chi connectivity index (χ1n) is 20.0. The van der Waals surface area contributed by atoms with Crippen molar-refractivity contribution in [2.75, 3.05) is 0 Å². The van der Waals surface area contributed by atoms with Gasteiger partial charge in [0.25, 0.3) is 0 Å². The summed E-state index contributed by atoms with van der Waals surface area (Å²) in [6, 6.07) is 69.3. The van der Waals surface area contributed by atoms with Crippen molar-refractivity contribution in [1.29, 1.82) is 0 Å². The minimum atomic E-state index is -0.715. The molecule has 3 aliphatic rings. The van der Waals surface area contributed by atoms with Gasteiger partial charge >= 0.3 is 0 Å². The third-order valence-corrected chi connectivity index (χ3v) is 12.8. The molecule has 4 atom stereocenters. The molecule has 0 saturated carbocycles. The van der Waals surface area contributed by atoms with Crippen molar-refractivity contribution >= 4 is 0 Å². The Hall–Kier alpha value is -6.90. The van der Waals surface area contributed by atoms with Crippen LogP contribution < -0.4 is 0 Å². The van der Waals surface area contributed by atoms with Gasteiger partial charge in [0.2, 0.25) is 0 Å². The summed E-state index contributed by atoms with van der Waals surface area (Å²) in [7, 11) is 0. The lowest BCUT2D eigenvalue weighted by molar-refractivity contribution is 0.618. The van der Waals surface area contributed by atoms with Crippen LogP contribution in [0, 0.1) is 5.92 Å². The maximum atomic E-state index is 5.54. The van der Waals surface area contributed by atoms with Crippen molar-refractivity contribution in [2.45, 2.75) is 23.7 Å². The molecular formula is C55H40N2. The zero-order valence-corrected chi connectivity index (χ0v) is 31.8. The van der Waals surface area contributed by atoms with Crippen molar-refractivity contribution < 1.29 is 0 Å². The fraction of sp³-hybridized carbons (Fsp3) is 0.0909. The molecule has 0 amide bonds. The Labute approximate surface area is 334 Å². The van der Waals surface area contributed by atoms with Gasteiger partial charge in [0.1, 0.15) is 0 Å². The molecule has 0 bridgehead atoms. The van der Waals surface area contributed by atoms with Gasteiger partial charge in [-0.3, -0.25) is 0 Å². The molecule has 270 valence electrons. The van der Waals surface area contributed by atoms with Gasteiger partial charge in [-0.25, -0.2) is 9.97 Å². The first-order chi connectivity index (χ1) is 28.2. The molecule has 4 unspecified atom stereocenters. The number of rotatable bonds is 6. The fourth-order valence-electron chi connectivity index (χ4n) is 10.4. The average molecular weight is 729 g/mol. The largest absolute Gasteiger partial charge is 0.232 e. The summed E-state index contributed by atoms with van der Waals surface area (Å²) in [5, 5.41) is 0. The van der Waals surface area contributed by atoms with Crippen LogP contribution in [0.4, 0.5) is 0 Å². The highest BCUT2D eigenvalue weighted by Gasteiger charge is 2.58. The van der Waals surface area contributed by atoms with E-state index in [1.165, 1.54) is 50.1 Å². The Morgan fingerprint density at radius 1 is 0.421 bits per heavy atom. The molecular weight excluding hydrogens is 689 g/mol. The lowest BCUT2D eigenvalue weighted by Crippen LogP contribution is -2.44. The Bertz CT molecular complexity index is 2870. The summed E-state index contributed by atoms with van der Waals surface area (Å²) in [5.74, 6) is 1.17. The number of nitrogens with zero attached hydrogens (tertiary/aromatic N) is 2. The minimum Gasteiger partial charge on any atom is -0.232 e. The van der Waals surface area contributed by atoms with Crippen LogP contribution in [-0.4, -0.2) is 9.97 Å². The van der Waals surface area contributed by atoms with E-state index in [0.717, 1.165) is 33.9 Å². The molecule has 0 N–H and O–H groups in total. The summed E-state index contributed by atoms with van der Waals surface area (Å²) in [6.45, 7) is 2.28. The van der Waals surface area contributed by atoms with Gasteiger partial charge < -0.3 is 0 Å². The van der Waals surface area contributed by atoms with Crippen LogP contribution in [-0.2, 0) is 10.8 Å². The highest BCUT2D eigenvalue weighted by molar-refractivity contribution is 5.92. The Morgan fingerprint density at radius 3 is 1.61 bits per heavy atom. The molecule has 0 saturated heterocycles. The first kappa shape index (κ1) is 33.4. The zero-order valence-electron chi connectivity index (χ0n) is 31.8. The molecule has 1 heterocycles. The number of fused-ring (bicyclic) bond motifs is 5. The monoisotopic (exact) mass is 728 g/mol. The highest BCUT2D eigenvalue weighted by Crippen LogP contribution is 2.66. The van der Waals surface area contributed by atoms with Gasteiger partial charge in [-0.2, -0.15) is 0 Å². The Balaban J connectivity index is 1.28. The molecule has 11 rings (SSSR count). The average Bonchev–Trinajstić information content (AvgIpc) is 3.60. The molecule has 0 fully saturated rings. The van der Waals surface area contributed by atoms with E-state index >= 15 is 0 Å². The number of hydrogen-bond acceptors (Lipinski definition) is 2. The minimum absolute atomic E-state index is 0.132. The third kappa shape index (κ3) is 4.77. The lowest BCUT2D eigenvalue weighted by Gasteiger charge is -2.50. The van der Waals surface area contributed by atoms with Gasteiger partial charge in [-0.05, 0) is 67.6 Å². The predicted molar refractivity (Wildman–Crippen MR) is 232 cm³/mol. The summed E-state index contributed by atoms with van der Waals surface area (Å²) in [4.78, 5) is 11.0. The van der Waals surface area contributed by atoms with Gasteiger partial charge in [-0.1, -0.05) is 213 Å². The molecule has 8 aromatic rings. The van der Waals surface area contributed by atoms with E-state index in [0.29, 0.717) is 5.92 Å². The van der Waals surface area contributed by atoms with Crippen LogP contribution in [0.1, 0.15) is 63.0 Å². The van der Waals surface area contributed by atoms with Crippen LogP contribution in [0.25, 0.3) is 33.8 Å². The van der Waals surface area contributed by atoms with Crippen LogP contribution >= 0.6 is 0 Å². The third-order valence-electron chi connectivity index (χ3n) is 12.8. The Morgan fingerprint density at radius 2 is 0.930 bits per heavy atom. The lowest BCUT2D eigenvalue weighted by atomic mass is 9.51. The second-order valence-electron chi connectivity index (χ2n) is 15.6.